The van der Waals surface area contributed by atoms with Gasteiger partial charge in [0, 0.05) is 12.3 Å². The van der Waals surface area contributed by atoms with E-state index in [0.29, 0.717) is 5.88 Å². The van der Waals surface area contributed by atoms with Gasteiger partial charge in [0.2, 0.25) is 5.88 Å². The molecule has 76 valence electrons. The zero-order chi connectivity index (χ0) is 10.8. The average Bonchev–Trinajstić information content (AvgIpc) is 2.02. The summed E-state index contributed by atoms with van der Waals surface area (Å²) in [4.78, 5) is 4.13. The highest BCUT2D eigenvalue weighted by Crippen LogP contribution is 2.08. The normalized spacial score (nSPS) is 11.1. The van der Waals surface area contributed by atoms with E-state index >= 15 is 0 Å². The van der Waals surface area contributed by atoms with Crippen molar-refractivity contribution in [1.82, 2.24) is 4.98 Å². The Labute approximate surface area is 95.3 Å². The molecule has 0 fully saturated rings. The number of halogens is 1. The Bertz CT molecular complexity index is 334. The highest BCUT2D eigenvalue weighted by atomic mass is 35.5. The minimum atomic E-state index is -1.28. The van der Waals surface area contributed by atoms with Crippen LogP contribution in [0.15, 0.2) is 18.3 Å². The van der Waals surface area contributed by atoms with E-state index in [4.69, 9.17) is 16.3 Å². The molecule has 14 heavy (non-hydrogen) atoms. The third-order valence-electron chi connectivity index (χ3n) is 1.79. The summed E-state index contributed by atoms with van der Waals surface area (Å²) < 4.78 is 4.95. The number of rotatable bonds is 2. The van der Waals surface area contributed by atoms with Crippen LogP contribution >= 0.6 is 23.8 Å². The van der Waals surface area contributed by atoms with E-state index < -0.39 is 8.07 Å². The molecule has 1 rings (SSSR count). The second-order valence-electron chi connectivity index (χ2n) is 3.97. The minimum absolute atomic E-state index is 0.0294. The van der Waals surface area contributed by atoms with Crippen molar-refractivity contribution in [3.63, 3.8) is 0 Å². The number of pyridine rings is 1. The van der Waals surface area contributed by atoms with E-state index in [1.54, 1.807) is 6.07 Å². The maximum atomic E-state index is 5.42. The van der Waals surface area contributed by atoms with E-state index in [0.717, 1.165) is 0 Å². The van der Waals surface area contributed by atoms with Gasteiger partial charge in [0.25, 0.3) is 4.51 Å². The van der Waals surface area contributed by atoms with Crippen LogP contribution in [0.1, 0.15) is 0 Å². The van der Waals surface area contributed by atoms with E-state index in [1.807, 2.05) is 12.3 Å². The van der Waals surface area contributed by atoms with E-state index in [-0.39, 0.29) is 4.51 Å². The Morgan fingerprint density at radius 3 is 2.43 bits per heavy atom. The molecule has 0 radical (unpaired) electrons. The van der Waals surface area contributed by atoms with Gasteiger partial charge in [-0.15, -0.1) is 0 Å². The van der Waals surface area contributed by atoms with Crippen molar-refractivity contribution in [3.8, 4) is 5.88 Å². The van der Waals surface area contributed by atoms with Crippen LogP contribution < -0.4 is 9.92 Å². The molecule has 0 aliphatic rings. The van der Waals surface area contributed by atoms with Crippen molar-refractivity contribution < 1.29 is 4.74 Å². The molecule has 0 bridgehead atoms. The van der Waals surface area contributed by atoms with Crippen LogP contribution in [0.5, 0.6) is 5.88 Å². The third kappa shape index (κ3) is 3.36. The zero-order valence-electron chi connectivity index (χ0n) is 8.37. The summed E-state index contributed by atoms with van der Waals surface area (Å²) in [6.07, 6.45) is 1.83. The van der Waals surface area contributed by atoms with Gasteiger partial charge in [-0.1, -0.05) is 25.7 Å². The van der Waals surface area contributed by atoms with Crippen molar-refractivity contribution in [1.29, 1.82) is 0 Å². The lowest BCUT2D eigenvalue weighted by atomic mass is 10.5. The topological polar surface area (TPSA) is 22.1 Å². The van der Waals surface area contributed by atoms with Gasteiger partial charge >= 0.3 is 0 Å². The standard InChI is InChI=1S/C9H12ClNOSSi/c1-14(2,3)7-4-5-8(11-6-7)12-9(10)13/h4-6H,1-3H3. The molecule has 0 aromatic carbocycles. The Hall–Kier alpha value is -0.453. The van der Waals surface area contributed by atoms with Crippen molar-refractivity contribution in [2.75, 3.05) is 0 Å². The molecule has 0 saturated heterocycles. The summed E-state index contributed by atoms with van der Waals surface area (Å²) in [5.74, 6) is 0.451. The largest absolute Gasteiger partial charge is 0.417 e. The monoisotopic (exact) mass is 245 g/mol. The van der Waals surface area contributed by atoms with Crippen LogP contribution in [0.2, 0.25) is 19.6 Å². The van der Waals surface area contributed by atoms with Gasteiger partial charge in [0.15, 0.2) is 0 Å². The van der Waals surface area contributed by atoms with E-state index in [2.05, 4.69) is 36.8 Å². The first-order valence-corrected chi connectivity index (χ1v) is 8.52. The van der Waals surface area contributed by atoms with Crippen LogP contribution in [0.25, 0.3) is 0 Å². The van der Waals surface area contributed by atoms with Crippen molar-refractivity contribution in [3.05, 3.63) is 18.3 Å². The summed E-state index contributed by atoms with van der Waals surface area (Å²) in [6, 6.07) is 3.81. The highest BCUT2D eigenvalue weighted by Gasteiger charge is 2.16. The summed E-state index contributed by atoms with van der Waals surface area (Å²) >= 11 is 10.0. The lowest BCUT2D eigenvalue weighted by Gasteiger charge is -2.15. The first-order valence-electron chi connectivity index (χ1n) is 4.23. The SMILES string of the molecule is C[Si](C)(C)c1ccc(OC(=S)Cl)nc1. The predicted molar refractivity (Wildman–Crippen MR) is 66.3 cm³/mol. The number of hydrogen-bond donors (Lipinski definition) is 0. The highest BCUT2D eigenvalue weighted by molar-refractivity contribution is 7.82. The summed E-state index contributed by atoms with van der Waals surface area (Å²) in [5.41, 5.74) is 0. The van der Waals surface area contributed by atoms with Crippen molar-refractivity contribution in [2.24, 2.45) is 0 Å². The Morgan fingerprint density at radius 2 is 2.07 bits per heavy atom. The number of ether oxygens (including phenoxy) is 1. The van der Waals surface area contributed by atoms with Crippen LogP contribution in [-0.4, -0.2) is 17.6 Å². The minimum Gasteiger partial charge on any atom is -0.417 e. The maximum Gasteiger partial charge on any atom is 0.262 e. The van der Waals surface area contributed by atoms with Gasteiger partial charge < -0.3 is 4.74 Å². The molecule has 0 atom stereocenters. The molecule has 0 spiro atoms. The van der Waals surface area contributed by atoms with Gasteiger partial charge in [-0.25, -0.2) is 4.98 Å². The summed E-state index contributed by atoms with van der Waals surface area (Å²) in [5, 5.41) is 1.28. The molecule has 5 heteroatoms. The fourth-order valence-corrected chi connectivity index (χ4v) is 2.17. The third-order valence-corrected chi connectivity index (χ3v) is 3.98. The van der Waals surface area contributed by atoms with Gasteiger partial charge in [-0.05, 0) is 29.0 Å². The molecule has 0 aliphatic carbocycles. The second-order valence-corrected chi connectivity index (χ2v) is 9.99. The predicted octanol–water partition coefficient (Wildman–Crippen LogP) is 2.53. The van der Waals surface area contributed by atoms with Gasteiger partial charge in [0.05, 0.1) is 8.07 Å². The van der Waals surface area contributed by atoms with E-state index in [9.17, 15) is 0 Å². The van der Waals surface area contributed by atoms with Crippen LogP contribution in [0.4, 0.5) is 0 Å². The fraction of sp³-hybridized carbons (Fsp3) is 0.333. The number of aromatic nitrogens is 1. The Morgan fingerprint density at radius 1 is 1.43 bits per heavy atom. The lowest BCUT2D eigenvalue weighted by Crippen LogP contribution is -2.37. The van der Waals surface area contributed by atoms with Crippen LogP contribution in [-0.2, 0) is 0 Å². The molecule has 2 nitrogen and oxygen atoms in total. The number of nitrogens with zero attached hydrogens (tertiary/aromatic N) is 1. The maximum absolute atomic E-state index is 5.42. The first kappa shape index (κ1) is 11.6. The van der Waals surface area contributed by atoms with Crippen LogP contribution in [0.3, 0.4) is 0 Å². The van der Waals surface area contributed by atoms with Crippen LogP contribution in [0, 0.1) is 0 Å². The molecule has 1 heterocycles. The average molecular weight is 246 g/mol. The first-order chi connectivity index (χ1) is 6.39. The van der Waals surface area contributed by atoms with E-state index in [1.165, 1.54) is 5.19 Å². The smallest absolute Gasteiger partial charge is 0.262 e. The van der Waals surface area contributed by atoms with Gasteiger partial charge in [-0.3, -0.25) is 0 Å². The molecular weight excluding hydrogens is 234 g/mol. The second kappa shape index (κ2) is 4.38. The molecule has 0 amide bonds. The Kier molecular flexibility index (Phi) is 3.63. The van der Waals surface area contributed by atoms with Crippen molar-refractivity contribution >= 4 is 41.6 Å². The fourth-order valence-electron chi connectivity index (χ4n) is 0.967. The lowest BCUT2D eigenvalue weighted by molar-refractivity contribution is 0.552. The molecule has 0 saturated carbocycles. The molecule has 0 unspecified atom stereocenters. The summed E-state index contributed by atoms with van der Waals surface area (Å²) in [7, 11) is -1.28. The molecular formula is C9H12ClNOSSi. The molecule has 0 N–H and O–H groups in total. The zero-order valence-corrected chi connectivity index (χ0v) is 10.9. The van der Waals surface area contributed by atoms with Gasteiger partial charge in [-0.2, -0.15) is 0 Å². The molecule has 1 aromatic rings. The summed E-state index contributed by atoms with van der Waals surface area (Å²) in [6.45, 7) is 6.78. The van der Waals surface area contributed by atoms with Crippen molar-refractivity contribution in [2.45, 2.75) is 19.6 Å². The van der Waals surface area contributed by atoms with Gasteiger partial charge in [0.1, 0.15) is 0 Å². The Balaban J connectivity index is 2.84. The molecule has 0 aliphatic heterocycles. The quantitative estimate of drug-likeness (QED) is 0.454. The number of thiocarbonyl (C=S) groups is 1. The molecule has 1 aromatic heterocycles. The number of hydrogen-bond acceptors (Lipinski definition) is 3.